The van der Waals surface area contributed by atoms with Crippen molar-refractivity contribution < 1.29 is 29.3 Å². The average Bonchev–Trinajstić information content (AvgIpc) is 2.77. The number of morpholine rings is 1. The van der Waals surface area contributed by atoms with Crippen LogP contribution in [0.2, 0.25) is 0 Å². The Morgan fingerprint density at radius 3 is 2.35 bits per heavy atom. The Morgan fingerprint density at radius 1 is 0.968 bits per heavy atom. The average molecular weight is 426 g/mol. The van der Waals surface area contributed by atoms with Gasteiger partial charge in [-0.05, 0) is 23.6 Å². The van der Waals surface area contributed by atoms with E-state index < -0.39 is 11.9 Å². The number of para-hydroxylation sites is 1. The number of carbonyl (C=O) groups excluding carboxylic acids is 1. The summed E-state index contributed by atoms with van der Waals surface area (Å²) >= 11 is 0. The smallest absolute Gasteiger partial charge is 0.414 e. The topological polar surface area (TPSA) is 107 Å². The Hall–Kier alpha value is -3.23. The standard InChI is InChI=1S/C21H24N2O2.C2H2O4/c24-21-11-10-18-8-4-5-9-20(18)23(21)16-19-15-22(12-13-25-19)14-17-6-2-1-3-7-17;3-1(4)2(5)6/h1-9,19H,10-16H2;(H,3,4)(H,5,6). The monoisotopic (exact) mass is 426 g/mol. The molecule has 2 aromatic carbocycles. The molecule has 31 heavy (non-hydrogen) atoms. The summed E-state index contributed by atoms with van der Waals surface area (Å²) in [7, 11) is 0. The number of fused-ring (bicyclic) bond motifs is 1. The highest BCUT2D eigenvalue weighted by Gasteiger charge is 2.29. The van der Waals surface area contributed by atoms with E-state index in [2.05, 4.69) is 41.3 Å². The van der Waals surface area contributed by atoms with Gasteiger partial charge in [0.2, 0.25) is 5.91 Å². The number of anilines is 1. The quantitative estimate of drug-likeness (QED) is 0.720. The van der Waals surface area contributed by atoms with Gasteiger partial charge in [0.1, 0.15) is 0 Å². The van der Waals surface area contributed by atoms with Crippen LogP contribution in [-0.2, 0) is 32.1 Å². The van der Waals surface area contributed by atoms with Crippen molar-refractivity contribution >= 4 is 23.5 Å². The predicted octanol–water partition coefficient (Wildman–Crippen LogP) is 2.02. The molecule has 0 bridgehead atoms. The number of aryl methyl sites for hydroxylation is 1. The molecule has 1 fully saturated rings. The maximum absolute atomic E-state index is 12.5. The molecule has 8 nitrogen and oxygen atoms in total. The van der Waals surface area contributed by atoms with E-state index in [1.165, 1.54) is 11.1 Å². The van der Waals surface area contributed by atoms with Crippen LogP contribution in [0.4, 0.5) is 5.69 Å². The van der Waals surface area contributed by atoms with E-state index in [0.717, 1.165) is 38.3 Å². The highest BCUT2D eigenvalue weighted by Crippen LogP contribution is 2.28. The van der Waals surface area contributed by atoms with Gasteiger partial charge >= 0.3 is 11.9 Å². The van der Waals surface area contributed by atoms with E-state index >= 15 is 0 Å². The maximum Gasteiger partial charge on any atom is 0.414 e. The molecule has 4 rings (SSSR count). The maximum atomic E-state index is 12.5. The van der Waals surface area contributed by atoms with Gasteiger partial charge < -0.3 is 19.8 Å². The lowest BCUT2D eigenvalue weighted by molar-refractivity contribution is -0.159. The highest BCUT2D eigenvalue weighted by atomic mass is 16.5. The number of ether oxygens (including phenoxy) is 1. The van der Waals surface area contributed by atoms with Crippen LogP contribution in [0.25, 0.3) is 0 Å². The van der Waals surface area contributed by atoms with E-state index in [0.29, 0.717) is 13.0 Å². The Kier molecular flexibility index (Phi) is 7.75. The Morgan fingerprint density at radius 2 is 1.65 bits per heavy atom. The fourth-order valence-corrected chi connectivity index (χ4v) is 3.78. The first-order valence-corrected chi connectivity index (χ1v) is 10.2. The number of hydrogen-bond donors (Lipinski definition) is 2. The van der Waals surface area contributed by atoms with Gasteiger partial charge in [-0.2, -0.15) is 0 Å². The summed E-state index contributed by atoms with van der Waals surface area (Å²) in [5, 5.41) is 14.8. The second-order valence-electron chi connectivity index (χ2n) is 7.46. The van der Waals surface area contributed by atoms with Crippen LogP contribution >= 0.6 is 0 Å². The number of hydrogen-bond acceptors (Lipinski definition) is 5. The van der Waals surface area contributed by atoms with Crippen molar-refractivity contribution in [3.05, 3.63) is 65.7 Å². The van der Waals surface area contributed by atoms with Crippen LogP contribution in [-0.4, -0.2) is 65.3 Å². The van der Waals surface area contributed by atoms with Crippen molar-refractivity contribution in [2.75, 3.05) is 31.1 Å². The minimum atomic E-state index is -1.82. The summed E-state index contributed by atoms with van der Waals surface area (Å²) < 4.78 is 5.98. The molecule has 0 aliphatic carbocycles. The SMILES string of the molecule is O=C(O)C(=O)O.O=C1CCc2ccccc2N1CC1CN(Cc2ccccc2)CCO1. The van der Waals surface area contributed by atoms with Gasteiger partial charge in [0, 0.05) is 31.7 Å². The van der Waals surface area contributed by atoms with Crippen LogP contribution in [0.3, 0.4) is 0 Å². The normalized spacial score (nSPS) is 18.5. The van der Waals surface area contributed by atoms with Gasteiger partial charge in [-0.25, -0.2) is 9.59 Å². The van der Waals surface area contributed by atoms with E-state index in [-0.39, 0.29) is 12.0 Å². The summed E-state index contributed by atoms with van der Waals surface area (Å²) in [5.41, 5.74) is 3.64. The molecule has 2 aliphatic rings. The molecular weight excluding hydrogens is 400 g/mol. The molecule has 1 unspecified atom stereocenters. The number of aliphatic carboxylic acids is 2. The third-order valence-corrected chi connectivity index (χ3v) is 5.23. The molecule has 0 aromatic heterocycles. The molecule has 0 saturated carbocycles. The second kappa shape index (κ2) is 10.7. The van der Waals surface area contributed by atoms with Gasteiger partial charge in [0.25, 0.3) is 0 Å². The van der Waals surface area contributed by atoms with Crippen LogP contribution in [0.15, 0.2) is 54.6 Å². The van der Waals surface area contributed by atoms with Crippen molar-refractivity contribution in [1.82, 2.24) is 4.90 Å². The fraction of sp³-hybridized carbons (Fsp3) is 0.348. The molecule has 1 amide bonds. The largest absolute Gasteiger partial charge is 0.473 e. The number of carboxylic acid groups (broad SMARTS) is 2. The zero-order chi connectivity index (χ0) is 22.2. The fourth-order valence-electron chi connectivity index (χ4n) is 3.78. The van der Waals surface area contributed by atoms with Crippen molar-refractivity contribution in [1.29, 1.82) is 0 Å². The molecule has 1 atom stereocenters. The van der Waals surface area contributed by atoms with Crippen LogP contribution < -0.4 is 4.90 Å². The van der Waals surface area contributed by atoms with E-state index in [1.807, 2.05) is 23.1 Å². The molecule has 2 aliphatic heterocycles. The summed E-state index contributed by atoms with van der Waals surface area (Å²) in [6.07, 6.45) is 1.50. The highest BCUT2D eigenvalue weighted by molar-refractivity contribution is 6.27. The lowest BCUT2D eigenvalue weighted by Crippen LogP contribution is -2.49. The summed E-state index contributed by atoms with van der Waals surface area (Å²) in [5.74, 6) is -3.44. The Balaban J connectivity index is 0.000000401. The first-order chi connectivity index (χ1) is 14.9. The number of nitrogens with zero attached hydrogens (tertiary/aromatic N) is 2. The van der Waals surface area contributed by atoms with Gasteiger partial charge in [0.15, 0.2) is 0 Å². The van der Waals surface area contributed by atoms with Crippen molar-refractivity contribution in [3.63, 3.8) is 0 Å². The minimum Gasteiger partial charge on any atom is -0.473 e. The van der Waals surface area contributed by atoms with Crippen molar-refractivity contribution in [2.24, 2.45) is 0 Å². The third kappa shape index (κ3) is 6.37. The van der Waals surface area contributed by atoms with Crippen LogP contribution in [0.1, 0.15) is 17.5 Å². The van der Waals surface area contributed by atoms with Gasteiger partial charge in [0.05, 0.1) is 19.3 Å². The van der Waals surface area contributed by atoms with Crippen molar-refractivity contribution in [2.45, 2.75) is 25.5 Å². The lowest BCUT2D eigenvalue weighted by atomic mass is 10.0. The Labute approximate surface area is 180 Å². The molecule has 2 N–H and O–H groups in total. The number of rotatable bonds is 4. The zero-order valence-corrected chi connectivity index (χ0v) is 17.1. The van der Waals surface area contributed by atoms with E-state index in [1.54, 1.807) is 0 Å². The Bertz CT molecular complexity index is 905. The number of amides is 1. The van der Waals surface area contributed by atoms with Gasteiger partial charge in [-0.1, -0.05) is 48.5 Å². The molecule has 2 aromatic rings. The molecule has 0 spiro atoms. The predicted molar refractivity (Wildman–Crippen MR) is 114 cm³/mol. The first-order valence-electron chi connectivity index (χ1n) is 10.2. The van der Waals surface area contributed by atoms with Gasteiger partial charge in [-0.15, -0.1) is 0 Å². The zero-order valence-electron chi connectivity index (χ0n) is 17.1. The van der Waals surface area contributed by atoms with Gasteiger partial charge in [-0.3, -0.25) is 9.69 Å². The summed E-state index contributed by atoms with van der Waals surface area (Å²) in [6.45, 7) is 4.10. The summed E-state index contributed by atoms with van der Waals surface area (Å²) in [6, 6.07) is 18.8. The van der Waals surface area contributed by atoms with E-state index in [9.17, 15) is 4.79 Å². The third-order valence-electron chi connectivity index (χ3n) is 5.23. The minimum absolute atomic E-state index is 0.0626. The lowest BCUT2D eigenvalue weighted by Gasteiger charge is -2.37. The van der Waals surface area contributed by atoms with Crippen molar-refractivity contribution in [3.8, 4) is 0 Å². The first kappa shape index (κ1) is 22.5. The number of carboxylic acids is 2. The van der Waals surface area contributed by atoms with Crippen LogP contribution in [0, 0.1) is 0 Å². The second-order valence-corrected chi connectivity index (χ2v) is 7.46. The molecular formula is C23H26N2O6. The van der Waals surface area contributed by atoms with E-state index in [4.69, 9.17) is 24.5 Å². The number of carbonyl (C=O) groups is 3. The van der Waals surface area contributed by atoms with Crippen LogP contribution in [0.5, 0.6) is 0 Å². The molecule has 0 radical (unpaired) electrons. The summed E-state index contributed by atoms with van der Waals surface area (Å²) in [4.78, 5) is 35.0. The molecule has 8 heteroatoms. The molecule has 2 heterocycles. The molecule has 164 valence electrons. The number of benzene rings is 2. The molecule has 1 saturated heterocycles.